The van der Waals surface area contributed by atoms with Gasteiger partial charge in [-0.15, -0.1) is 0 Å². The van der Waals surface area contributed by atoms with Crippen LogP contribution in [0.5, 0.6) is 0 Å². The van der Waals surface area contributed by atoms with Gasteiger partial charge in [0.2, 0.25) is 0 Å². The first-order chi connectivity index (χ1) is 32.9. The van der Waals surface area contributed by atoms with Crippen LogP contribution in [0.25, 0.3) is 66.1 Å². The molecule has 2 heterocycles. The summed E-state index contributed by atoms with van der Waals surface area (Å²) >= 11 is 0. The summed E-state index contributed by atoms with van der Waals surface area (Å²) in [5, 5.41) is 4.47. The highest BCUT2D eigenvalue weighted by Gasteiger charge is 2.49. The molecule has 2 aromatic heterocycles. The molecule has 9 aromatic carbocycles. The van der Waals surface area contributed by atoms with E-state index in [1.807, 2.05) is 0 Å². The summed E-state index contributed by atoms with van der Waals surface area (Å²) in [7, 11) is 0. The molecule has 13 rings (SSSR count). The highest BCUT2D eigenvalue weighted by molar-refractivity contribution is 6.21. The van der Waals surface area contributed by atoms with E-state index in [1.165, 1.54) is 66.8 Å². The minimum atomic E-state index is -0.412. The molecule has 0 N–H and O–H groups in total. The van der Waals surface area contributed by atoms with Crippen LogP contribution < -0.4 is 9.80 Å². The number of furan rings is 2. The number of nitrogens with zero attached hydrogens (tertiary/aromatic N) is 2. The smallest absolute Gasteiger partial charge is 0.145 e. The van der Waals surface area contributed by atoms with Crippen LogP contribution in [-0.4, -0.2) is 0 Å². The minimum Gasteiger partial charge on any atom is -0.455 e. The molecule has 2 aliphatic rings. The molecular weight excluding hydrogens is 829 g/mol. The Balaban J connectivity index is 1.11. The van der Waals surface area contributed by atoms with E-state index in [2.05, 4.69) is 235 Å². The van der Waals surface area contributed by atoms with Crippen LogP contribution in [0.1, 0.15) is 72.2 Å². The largest absolute Gasteiger partial charge is 0.455 e. The van der Waals surface area contributed by atoms with E-state index in [0.717, 1.165) is 78.0 Å². The van der Waals surface area contributed by atoms with Crippen molar-refractivity contribution in [1.29, 1.82) is 0 Å². The number of para-hydroxylation sites is 6. The van der Waals surface area contributed by atoms with E-state index in [0.29, 0.717) is 0 Å². The zero-order chi connectivity index (χ0) is 46.4. The standard InChI is InChI=1S/C64H52N2O2/c1-37-21-9-15-27-47(37)65(48-28-16-10-22-38(48)2)51-35-45-55(61-57(51)41-25-13-19-31-53(41)67-61)43-33-34-44-56-46(64(7,8)60(44)59(43)63(45,5)6)36-52(58-42-26-14-20-32-54(42)68-62(56)58)66(49-29-17-11-23-39(49)3)50-30-18-12-24-40(50)4/h9-36H,1-8H3. The molecule has 0 bridgehead atoms. The average molecular weight is 881 g/mol. The van der Waals surface area contributed by atoms with E-state index >= 15 is 0 Å². The summed E-state index contributed by atoms with van der Waals surface area (Å²) in [5.74, 6) is 0. The van der Waals surface area contributed by atoms with Crippen LogP contribution in [0.3, 0.4) is 0 Å². The fourth-order valence-electron chi connectivity index (χ4n) is 12.3. The maximum atomic E-state index is 7.19. The Kier molecular flexibility index (Phi) is 8.53. The highest BCUT2D eigenvalue weighted by atomic mass is 16.3. The van der Waals surface area contributed by atoms with Gasteiger partial charge in [-0.05, 0) is 132 Å². The van der Waals surface area contributed by atoms with Crippen molar-refractivity contribution in [3.63, 3.8) is 0 Å². The summed E-state index contributed by atoms with van der Waals surface area (Å²) in [6.07, 6.45) is 0. The van der Waals surface area contributed by atoms with Crippen molar-refractivity contribution in [1.82, 2.24) is 0 Å². The predicted molar refractivity (Wildman–Crippen MR) is 284 cm³/mol. The third kappa shape index (κ3) is 5.43. The van der Waals surface area contributed by atoms with E-state index in [-0.39, 0.29) is 0 Å². The highest BCUT2D eigenvalue weighted by Crippen LogP contribution is 2.64. The second-order valence-electron chi connectivity index (χ2n) is 20.2. The van der Waals surface area contributed by atoms with Crippen LogP contribution in [0.15, 0.2) is 179 Å². The first-order valence-electron chi connectivity index (χ1n) is 23.9. The van der Waals surface area contributed by atoms with Gasteiger partial charge in [0.05, 0.1) is 22.1 Å². The molecule has 4 nitrogen and oxygen atoms in total. The van der Waals surface area contributed by atoms with E-state index in [4.69, 9.17) is 8.83 Å². The van der Waals surface area contributed by atoms with Crippen LogP contribution in [0.2, 0.25) is 0 Å². The Labute approximate surface area is 397 Å². The summed E-state index contributed by atoms with van der Waals surface area (Å²) in [5.41, 5.74) is 24.5. The van der Waals surface area contributed by atoms with Gasteiger partial charge in [-0.25, -0.2) is 0 Å². The molecule has 0 amide bonds. The maximum absolute atomic E-state index is 7.19. The van der Waals surface area contributed by atoms with Crippen LogP contribution in [-0.2, 0) is 10.8 Å². The van der Waals surface area contributed by atoms with E-state index < -0.39 is 10.8 Å². The Morgan fingerprint density at radius 3 is 1.00 bits per heavy atom. The van der Waals surface area contributed by atoms with Crippen LogP contribution in [0.4, 0.5) is 34.1 Å². The van der Waals surface area contributed by atoms with Crippen molar-refractivity contribution in [2.75, 3.05) is 9.80 Å². The molecule has 0 atom stereocenters. The second kappa shape index (κ2) is 14.3. The molecule has 330 valence electrons. The Hall–Kier alpha value is -7.82. The molecule has 0 spiro atoms. The fraction of sp³-hybridized carbons (Fsp3) is 0.156. The summed E-state index contributed by atoms with van der Waals surface area (Å²) in [4.78, 5) is 4.96. The van der Waals surface area contributed by atoms with Gasteiger partial charge in [0.15, 0.2) is 0 Å². The zero-order valence-corrected chi connectivity index (χ0v) is 39.9. The van der Waals surface area contributed by atoms with Gasteiger partial charge < -0.3 is 18.6 Å². The molecule has 4 heteroatoms. The van der Waals surface area contributed by atoms with Crippen LogP contribution >= 0.6 is 0 Å². The molecule has 0 unspecified atom stereocenters. The second-order valence-corrected chi connectivity index (χ2v) is 20.2. The quantitative estimate of drug-likeness (QED) is 0.167. The van der Waals surface area contributed by atoms with Gasteiger partial charge in [0.1, 0.15) is 22.3 Å². The Bertz CT molecular complexity index is 3590. The summed E-state index contributed by atoms with van der Waals surface area (Å²) in [6, 6.07) is 61.9. The fourth-order valence-corrected chi connectivity index (χ4v) is 12.3. The lowest BCUT2D eigenvalue weighted by molar-refractivity contribution is 0.600. The topological polar surface area (TPSA) is 32.8 Å². The van der Waals surface area contributed by atoms with Crippen molar-refractivity contribution >= 4 is 78.0 Å². The average Bonchev–Trinajstić information content (AvgIpc) is 4.04. The van der Waals surface area contributed by atoms with E-state index in [9.17, 15) is 0 Å². The zero-order valence-electron chi connectivity index (χ0n) is 39.9. The van der Waals surface area contributed by atoms with Gasteiger partial charge in [-0.2, -0.15) is 0 Å². The van der Waals surface area contributed by atoms with Gasteiger partial charge in [0.25, 0.3) is 0 Å². The van der Waals surface area contributed by atoms with Gasteiger partial charge in [-0.3, -0.25) is 0 Å². The molecule has 0 radical (unpaired) electrons. The van der Waals surface area contributed by atoms with Crippen molar-refractivity contribution in [2.45, 2.75) is 66.2 Å². The lowest BCUT2D eigenvalue weighted by atomic mass is 9.72. The van der Waals surface area contributed by atoms with Crippen molar-refractivity contribution in [3.8, 4) is 22.3 Å². The molecule has 0 fully saturated rings. The molecule has 68 heavy (non-hydrogen) atoms. The number of hydrogen-bond acceptors (Lipinski definition) is 4. The van der Waals surface area contributed by atoms with Crippen molar-refractivity contribution in [2.24, 2.45) is 0 Å². The normalized spacial score (nSPS) is 14.1. The van der Waals surface area contributed by atoms with Gasteiger partial charge in [-0.1, -0.05) is 149 Å². The summed E-state index contributed by atoms with van der Waals surface area (Å²) < 4.78 is 14.4. The lowest BCUT2D eigenvalue weighted by Crippen LogP contribution is -2.24. The minimum absolute atomic E-state index is 0.412. The van der Waals surface area contributed by atoms with Crippen molar-refractivity contribution in [3.05, 3.63) is 214 Å². The maximum Gasteiger partial charge on any atom is 0.145 e. The first-order valence-corrected chi connectivity index (χ1v) is 23.9. The number of hydrogen-bond donors (Lipinski definition) is 0. The number of aryl methyl sites for hydroxylation is 4. The number of anilines is 6. The third-order valence-corrected chi connectivity index (χ3v) is 15.5. The number of rotatable bonds is 6. The van der Waals surface area contributed by atoms with Gasteiger partial charge >= 0.3 is 0 Å². The third-order valence-electron chi connectivity index (χ3n) is 15.5. The summed E-state index contributed by atoms with van der Waals surface area (Å²) in [6.45, 7) is 18.6. The van der Waals surface area contributed by atoms with E-state index in [1.54, 1.807) is 0 Å². The van der Waals surface area contributed by atoms with Crippen LogP contribution in [0, 0.1) is 27.7 Å². The van der Waals surface area contributed by atoms with Crippen molar-refractivity contribution < 1.29 is 8.83 Å². The molecule has 2 aliphatic carbocycles. The molecule has 11 aromatic rings. The predicted octanol–water partition coefficient (Wildman–Crippen LogP) is 18.3. The lowest BCUT2D eigenvalue weighted by Gasteiger charge is -2.33. The number of benzene rings is 9. The molecule has 0 aliphatic heterocycles. The monoisotopic (exact) mass is 880 g/mol. The van der Waals surface area contributed by atoms with Gasteiger partial charge in [0, 0.05) is 55.5 Å². The molecule has 0 saturated carbocycles. The molecular formula is C64H52N2O2. The molecule has 0 saturated heterocycles. The first kappa shape index (κ1) is 40.5. The number of fused-ring (bicyclic) bond motifs is 15. The Morgan fingerprint density at radius 2 is 0.662 bits per heavy atom. The SMILES string of the molecule is Cc1ccccc1N(c1ccccc1C)c1cc2c(c3oc4ccccc4c13)-c1ccc3c(c1C2(C)C)C(C)(C)c1cc(N(c2ccccc2C)c2ccccc2C)c2c(oc4ccccc42)c1-3. The Morgan fingerprint density at radius 1 is 0.353 bits per heavy atom.